The molecule has 0 fully saturated rings. The number of hydrogen-bond donors (Lipinski definition) is 1. The molecule has 0 saturated heterocycles. The first-order valence-electron chi connectivity index (χ1n) is 16.4. The van der Waals surface area contributed by atoms with Gasteiger partial charge < -0.3 is 18.9 Å². The molecule has 0 radical (unpaired) electrons. The van der Waals surface area contributed by atoms with E-state index >= 15 is 0 Å². The molecule has 2 atom stereocenters. The fourth-order valence-electron chi connectivity index (χ4n) is 3.83. The fraction of sp³-hybridized carbons (Fsp3) is 0.735. The van der Waals surface area contributed by atoms with Gasteiger partial charge in [0, 0.05) is 13.0 Å². The molecule has 0 aliphatic rings. The van der Waals surface area contributed by atoms with Crippen molar-refractivity contribution in [3.05, 3.63) is 48.6 Å². The third kappa shape index (κ3) is 31.7. The second kappa shape index (κ2) is 28.0. The molecule has 9 heteroatoms. The SMILES string of the molecule is CC/C=C\C/C=C\C/C=C\C/C=C\CCCCCOCC(COP(=O)(O)OCC[N+](C)(C)C)OC(=O)CCCCCCC. The van der Waals surface area contributed by atoms with Gasteiger partial charge in [-0.3, -0.25) is 13.8 Å². The summed E-state index contributed by atoms with van der Waals surface area (Å²) in [6.45, 7) is 5.30. The molecule has 0 spiro atoms. The number of nitrogens with zero attached hydrogens (tertiary/aromatic N) is 1. The molecule has 0 aliphatic heterocycles. The second-order valence-electron chi connectivity index (χ2n) is 11.8. The van der Waals surface area contributed by atoms with Crippen LogP contribution < -0.4 is 0 Å². The molecule has 0 aromatic rings. The molecule has 0 saturated carbocycles. The standard InChI is InChI=1S/C34H62NO7P/c1-6-8-10-12-13-14-15-16-17-18-19-20-21-22-24-26-29-39-31-33(42-34(36)27-25-23-11-9-7-2)32-41-43(37,38)40-30-28-35(3,4)5/h8,10,13-14,16-17,19-20,33H,6-7,9,11-12,15,18,21-32H2,1-5H3/p+1/b10-8-,14-13-,17-16-,20-19-. The number of phosphoric ester groups is 1. The van der Waals surface area contributed by atoms with Gasteiger partial charge in [0.15, 0.2) is 0 Å². The molecular weight excluding hydrogens is 565 g/mol. The summed E-state index contributed by atoms with van der Waals surface area (Å²) in [5.74, 6) is -0.342. The van der Waals surface area contributed by atoms with E-state index in [0.29, 0.717) is 24.1 Å². The predicted molar refractivity (Wildman–Crippen MR) is 178 cm³/mol. The molecule has 0 rings (SSSR count). The zero-order valence-electron chi connectivity index (χ0n) is 27.9. The molecule has 2 unspecified atom stereocenters. The highest BCUT2D eigenvalue weighted by atomic mass is 31.2. The minimum Gasteiger partial charge on any atom is -0.457 e. The van der Waals surface area contributed by atoms with Crippen molar-refractivity contribution in [2.45, 2.75) is 110 Å². The van der Waals surface area contributed by atoms with Gasteiger partial charge in [-0.15, -0.1) is 0 Å². The van der Waals surface area contributed by atoms with Crippen molar-refractivity contribution in [2.24, 2.45) is 0 Å². The molecule has 0 amide bonds. The van der Waals surface area contributed by atoms with Gasteiger partial charge >= 0.3 is 13.8 Å². The molecule has 0 heterocycles. The topological polar surface area (TPSA) is 91.3 Å². The molecule has 0 bridgehead atoms. The maximum Gasteiger partial charge on any atom is 0.472 e. The Balaban J connectivity index is 4.31. The van der Waals surface area contributed by atoms with E-state index in [0.717, 1.165) is 83.5 Å². The van der Waals surface area contributed by atoms with Crippen LogP contribution in [-0.2, 0) is 27.9 Å². The summed E-state index contributed by atoms with van der Waals surface area (Å²) in [5, 5.41) is 0. The van der Waals surface area contributed by atoms with Crippen LogP contribution in [0.2, 0.25) is 0 Å². The number of hydrogen-bond acceptors (Lipinski definition) is 6. The van der Waals surface area contributed by atoms with Crippen LogP contribution in [0.1, 0.15) is 104 Å². The van der Waals surface area contributed by atoms with Crippen LogP contribution in [0.25, 0.3) is 0 Å². The minimum absolute atomic E-state index is 0.0803. The van der Waals surface area contributed by atoms with E-state index in [1.54, 1.807) is 0 Å². The van der Waals surface area contributed by atoms with Crippen molar-refractivity contribution in [3.63, 3.8) is 0 Å². The van der Waals surface area contributed by atoms with Crippen molar-refractivity contribution in [2.75, 3.05) is 54.1 Å². The van der Waals surface area contributed by atoms with Crippen LogP contribution >= 0.6 is 7.82 Å². The zero-order valence-corrected chi connectivity index (χ0v) is 28.8. The Morgan fingerprint density at radius 1 is 0.744 bits per heavy atom. The monoisotopic (exact) mass is 628 g/mol. The third-order valence-corrected chi connectivity index (χ3v) is 7.39. The predicted octanol–water partition coefficient (Wildman–Crippen LogP) is 8.48. The van der Waals surface area contributed by atoms with E-state index < -0.39 is 13.9 Å². The van der Waals surface area contributed by atoms with Crippen molar-refractivity contribution >= 4 is 13.8 Å². The lowest BCUT2D eigenvalue weighted by Gasteiger charge is -2.24. The van der Waals surface area contributed by atoms with E-state index in [9.17, 15) is 14.3 Å². The summed E-state index contributed by atoms with van der Waals surface area (Å²) < 4.78 is 34.4. The molecule has 0 aromatic carbocycles. The number of ether oxygens (including phenoxy) is 2. The number of rotatable bonds is 29. The number of allylic oxidation sites excluding steroid dienone is 8. The summed E-state index contributed by atoms with van der Waals surface area (Å²) in [5.41, 5.74) is 0. The lowest BCUT2D eigenvalue weighted by atomic mass is 10.1. The lowest BCUT2D eigenvalue weighted by molar-refractivity contribution is -0.870. The Bertz CT molecular complexity index is 833. The normalized spacial score (nSPS) is 14.8. The van der Waals surface area contributed by atoms with Gasteiger partial charge in [0.1, 0.15) is 19.3 Å². The summed E-state index contributed by atoms with van der Waals surface area (Å²) in [7, 11) is 1.63. The molecule has 0 aliphatic carbocycles. The van der Waals surface area contributed by atoms with Crippen LogP contribution in [0.15, 0.2) is 48.6 Å². The number of likely N-dealkylation sites (N-methyl/N-ethyl adjacent to an activating group) is 1. The van der Waals surface area contributed by atoms with Crippen LogP contribution in [0.5, 0.6) is 0 Å². The number of phosphoric acid groups is 1. The van der Waals surface area contributed by atoms with E-state index in [2.05, 4.69) is 62.5 Å². The first-order chi connectivity index (χ1) is 20.6. The third-order valence-electron chi connectivity index (χ3n) is 6.40. The summed E-state index contributed by atoms with van der Waals surface area (Å²) in [6.07, 6.45) is 30.3. The fourth-order valence-corrected chi connectivity index (χ4v) is 4.58. The lowest BCUT2D eigenvalue weighted by Crippen LogP contribution is -2.37. The van der Waals surface area contributed by atoms with Gasteiger partial charge in [-0.1, -0.05) is 94.6 Å². The highest BCUT2D eigenvalue weighted by Gasteiger charge is 2.26. The Kier molecular flexibility index (Phi) is 27.0. The average Bonchev–Trinajstić information content (AvgIpc) is 2.94. The van der Waals surface area contributed by atoms with Crippen LogP contribution in [0, 0.1) is 0 Å². The molecule has 8 nitrogen and oxygen atoms in total. The molecule has 43 heavy (non-hydrogen) atoms. The van der Waals surface area contributed by atoms with Crippen molar-refractivity contribution in [1.29, 1.82) is 0 Å². The molecule has 250 valence electrons. The number of esters is 1. The minimum atomic E-state index is -4.26. The van der Waals surface area contributed by atoms with Crippen LogP contribution in [0.4, 0.5) is 0 Å². The molecular formula is C34H63NO7P+. The quantitative estimate of drug-likeness (QED) is 0.0292. The largest absolute Gasteiger partial charge is 0.472 e. The van der Waals surface area contributed by atoms with E-state index in [1.165, 1.54) is 0 Å². The maximum absolute atomic E-state index is 12.4. The van der Waals surface area contributed by atoms with E-state index in [-0.39, 0.29) is 25.8 Å². The van der Waals surface area contributed by atoms with Crippen LogP contribution in [0.3, 0.4) is 0 Å². The number of quaternary nitrogens is 1. The summed E-state index contributed by atoms with van der Waals surface area (Å²) in [6, 6.07) is 0. The van der Waals surface area contributed by atoms with E-state index in [4.69, 9.17) is 18.5 Å². The van der Waals surface area contributed by atoms with E-state index in [1.807, 2.05) is 21.1 Å². The summed E-state index contributed by atoms with van der Waals surface area (Å²) in [4.78, 5) is 22.4. The average molecular weight is 629 g/mol. The highest BCUT2D eigenvalue weighted by Crippen LogP contribution is 2.43. The number of unbranched alkanes of at least 4 members (excludes halogenated alkanes) is 7. The first kappa shape index (κ1) is 41.5. The van der Waals surface area contributed by atoms with Gasteiger partial charge in [-0.2, -0.15) is 0 Å². The smallest absolute Gasteiger partial charge is 0.457 e. The Morgan fingerprint density at radius 3 is 1.98 bits per heavy atom. The Hall–Kier alpha value is -1.54. The maximum atomic E-state index is 12.4. The Labute approximate surface area is 263 Å². The first-order valence-corrected chi connectivity index (χ1v) is 17.9. The molecule has 1 N–H and O–H groups in total. The van der Waals surface area contributed by atoms with Gasteiger partial charge in [0.2, 0.25) is 0 Å². The number of carbonyl (C=O) groups is 1. The van der Waals surface area contributed by atoms with Crippen molar-refractivity contribution < 1.29 is 37.3 Å². The summed E-state index contributed by atoms with van der Waals surface area (Å²) >= 11 is 0. The highest BCUT2D eigenvalue weighted by molar-refractivity contribution is 7.47. The Morgan fingerprint density at radius 2 is 1.35 bits per heavy atom. The van der Waals surface area contributed by atoms with Gasteiger partial charge in [0.25, 0.3) is 0 Å². The van der Waals surface area contributed by atoms with Crippen LogP contribution in [-0.4, -0.2) is 75.6 Å². The van der Waals surface area contributed by atoms with Gasteiger partial charge in [-0.25, -0.2) is 4.57 Å². The number of carbonyl (C=O) groups excluding carboxylic acids is 1. The molecule has 0 aromatic heterocycles. The van der Waals surface area contributed by atoms with Crippen molar-refractivity contribution in [1.82, 2.24) is 0 Å². The van der Waals surface area contributed by atoms with Gasteiger partial charge in [-0.05, 0) is 51.4 Å². The van der Waals surface area contributed by atoms with Crippen molar-refractivity contribution in [3.8, 4) is 0 Å². The zero-order chi connectivity index (χ0) is 32.1. The second-order valence-corrected chi connectivity index (χ2v) is 13.3. The van der Waals surface area contributed by atoms with Gasteiger partial charge in [0.05, 0.1) is 34.4 Å².